The van der Waals surface area contributed by atoms with E-state index in [0.717, 1.165) is 0 Å². The molecule has 0 aromatic carbocycles. The van der Waals surface area contributed by atoms with Gasteiger partial charge in [0.2, 0.25) is 5.91 Å². The summed E-state index contributed by atoms with van der Waals surface area (Å²) in [5.41, 5.74) is 6.37. The second-order valence-electron chi connectivity index (χ2n) is 3.80. The Hall–Kier alpha value is -1.14. The normalized spacial score (nSPS) is 20.5. The first-order valence-corrected chi connectivity index (χ1v) is 5.74. The lowest BCUT2D eigenvalue weighted by atomic mass is 10.1. The summed E-state index contributed by atoms with van der Waals surface area (Å²) in [6.45, 7) is 0.523. The van der Waals surface area contributed by atoms with Crippen molar-refractivity contribution in [2.24, 2.45) is 5.92 Å². The van der Waals surface area contributed by atoms with Gasteiger partial charge >= 0.3 is 0 Å². The first-order chi connectivity index (χ1) is 7.61. The summed E-state index contributed by atoms with van der Waals surface area (Å²) in [5, 5.41) is 9.03. The molecule has 2 heterocycles. The molecule has 1 aromatic heterocycles. The quantitative estimate of drug-likeness (QED) is 0.787. The summed E-state index contributed by atoms with van der Waals surface area (Å²) < 4.78 is 0.638. The topological polar surface area (TPSA) is 79.4 Å². The van der Waals surface area contributed by atoms with Gasteiger partial charge in [0.05, 0.1) is 5.69 Å². The van der Waals surface area contributed by atoms with Crippen LogP contribution in [0.4, 0.5) is 11.5 Å². The van der Waals surface area contributed by atoms with E-state index < -0.39 is 0 Å². The molecule has 1 atom stereocenters. The van der Waals surface area contributed by atoms with Crippen LogP contribution in [0.3, 0.4) is 0 Å². The number of hydrogen-bond donors (Lipinski definition) is 2. The SMILES string of the molecule is Nc1nc(Br)ccc1N1CC(CO)CC1=O. The maximum atomic E-state index is 11.7. The van der Waals surface area contributed by atoms with Crippen LogP contribution in [-0.4, -0.2) is 29.1 Å². The number of carbonyl (C=O) groups excluding carboxylic acids is 1. The third-order valence-corrected chi connectivity index (χ3v) is 3.06. The van der Waals surface area contributed by atoms with Crippen LogP contribution in [-0.2, 0) is 4.79 Å². The molecule has 0 saturated carbocycles. The van der Waals surface area contributed by atoms with Crippen molar-refractivity contribution < 1.29 is 9.90 Å². The van der Waals surface area contributed by atoms with Gasteiger partial charge in [-0.1, -0.05) is 0 Å². The van der Waals surface area contributed by atoms with Crippen LogP contribution in [0.5, 0.6) is 0 Å². The van der Waals surface area contributed by atoms with E-state index in [-0.39, 0.29) is 18.4 Å². The average Bonchev–Trinajstić information content (AvgIpc) is 2.60. The molecule has 1 saturated heterocycles. The van der Waals surface area contributed by atoms with Crippen LogP contribution in [0, 0.1) is 5.92 Å². The van der Waals surface area contributed by atoms with Crippen LogP contribution in [0.2, 0.25) is 0 Å². The van der Waals surface area contributed by atoms with Crippen molar-refractivity contribution in [3.8, 4) is 0 Å². The third-order valence-electron chi connectivity index (χ3n) is 2.62. The number of halogens is 1. The van der Waals surface area contributed by atoms with Crippen molar-refractivity contribution in [2.45, 2.75) is 6.42 Å². The molecule has 1 aliphatic rings. The largest absolute Gasteiger partial charge is 0.396 e. The molecule has 6 heteroatoms. The molecule has 1 aromatic rings. The molecular weight excluding hydrogens is 274 g/mol. The summed E-state index contributed by atoms with van der Waals surface area (Å²) in [6.07, 6.45) is 0.367. The third kappa shape index (κ3) is 2.03. The van der Waals surface area contributed by atoms with Gasteiger partial charge in [-0.05, 0) is 28.1 Å². The molecule has 3 N–H and O–H groups in total. The fourth-order valence-electron chi connectivity index (χ4n) is 1.81. The van der Waals surface area contributed by atoms with Gasteiger partial charge in [0.15, 0.2) is 0 Å². The number of aliphatic hydroxyl groups excluding tert-OH is 1. The van der Waals surface area contributed by atoms with Crippen LogP contribution < -0.4 is 10.6 Å². The Morgan fingerprint density at radius 2 is 2.38 bits per heavy atom. The fraction of sp³-hybridized carbons (Fsp3) is 0.400. The molecule has 5 nitrogen and oxygen atoms in total. The van der Waals surface area contributed by atoms with Gasteiger partial charge < -0.3 is 15.7 Å². The second-order valence-corrected chi connectivity index (χ2v) is 4.61. The van der Waals surface area contributed by atoms with Gasteiger partial charge in [-0.25, -0.2) is 4.98 Å². The lowest BCUT2D eigenvalue weighted by Gasteiger charge is -2.17. The predicted molar refractivity (Wildman–Crippen MR) is 63.9 cm³/mol. The molecule has 16 heavy (non-hydrogen) atoms. The number of carbonyl (C=O) groups is 1. The highest BCUT2D eigenvalue weighted by molar-refractivity contribution is 9.10. The minimum Gasteiger partial charge on any atom is -0.396 e. The molecule has 1 unspecified atom stereocenters. The zero-order chi connectivity index (χ0) is 11.7. The van der Waals surface area contributed by atoms with Gasteiger partial charge in [-0.15, -0.1) is 0 Å². The van der Waals surface area contributed by atoms with Crippen LogP contribution in [0.15, 0.2) is 16.7 Å². The monoisotopic (exact) mass is 285 g/mol. The van der Waals surface area contributed by atoms with E-state index in [9.17, 15) is 4.79 Å². The minimum atomic E-state index is -0.0186. The second kappa shape index (κ2) is 4.39. The number of anilines is 2. The maximum Gasteiger partial charge on any atom is 0.227 e. The Morgan fingerprint density at radius 1 is 1.62 bits per heavy atom. The van der Waals surface area contributed by atoms with Crippen LogP contribution >= 0.6 is 15.9 Å². The highest BCUT2D eigenvalue weighted by Crippen LogP contribution is 2.29. The summed E-state index contributed by atoms with van der Waals surface area (Å²) in [6, 6.07) is 3.50. The maximum absolute atomic E-state index is 11.7. The van der Waals surface area contributed by atoms with Crippen molar-refractivity contribution in [1.29, 1.82) is 0 Å². The lowest BCUT2D eigenvalue weighted by Crippen LogP contribution is -2.26. The van der Waals surface area contributed by atoms with E-state index in [2.05, 4.69) is 20.9 Å². The van der Waals surface area contributed by atoms with Crippen molar-refractivity contribution >= 4 is 33.3 Å². The smallest absolute Gasteiger partial charge is 0.227 e. The molecule has 1 aliphatic heterocycles. The first kappa shape index (κ1) is 11.3. The minimum absolute atomic E-state index is 0.00412. The Bertz CT molecular complexity index is 425. The van der Waals surface area contributed by atoms with E-state index in [0.29, 0.717) is 29.1 Å². The van der Waals surface area contributed by atoms with Crippen molar-refractivity contribution in [1.82, 2.24) is 4.98 Å². The molecule has 0 spiro atoms. The molecule has 1 amide bonds. The standard InChI is InChI=1S/C10H12BrN3O2/c11-8-2-1-7(10(12)13-8)14-4-6(5-15)3-9(14)16/h1-2,6,15H,3-5H2,(H2,12,13). The number of aromatic nitrogens is 1. The molecule has 86 valence electrons. The summed E-state index contributed by atoms with van der Waals surface area (Å²) in [5.74, 6) is 0.298. The average molecular weight is 286 g/mol. The van der Waals surface area contributed by atoms with Gasteiger partial charge in [0.25, 0.3) is 0 Å². The lowest BCUT2D eigenvalue weighted by molar-refractivity contribution is -0.117. The number of aliphatic hydroxyl groups is 1. The number of nitrogens with two attached hydrogens (primary N) is 1. The number of rotatable bonds is 2. The molecular formula is C10H12BrN3O2. The van der Waals surface area contributed by atoms with Crippen molar-refractivity contribution in [3.63, 3.8) is 0 Å². The van der Waals surface area contributed by atoms with E-state index in [1.54, 1.807) is 17.0 Å². The number of nitrogen functional groups attached to an aromatic ring is 1. The number of amides is 1. The highest BCUT2D eigenvalue weighted by atomic mass is 79.9. The van der Waals surface area contributed by atoms with Gasteiger partial charge in [0, 0.05) is 25.5 Å². The zero-order valence-electron chi connectivity index (χ0n) is 8.56. The van der Waals surface area contributed by atoms with Gasteiger partial charge in [0.1, 0.15) is 10.4 Å². The number of nitrogens with zero attached hydrogens (tertiary/aromatic N) is 2. The van der Waals surface area contributed by atoms with E-state index in [1.807, 2.05) is 0 Å². The predicted octanol–water partition coefficient (Wildman–Crippen LogP) is 0.771. The number of pyridine rings is 1. The summed E-state index contributed by atoms with van der Waals surface area (Å²) in [4.78, 5) is 17.3. The molecule has 1 fully saturated rings. The Morgan fingerprint density at radius 3 is 2.94 bits per heavy atom. The zero-order valence-corrected chi connectivity index (χ0v) is 10.1. The number of hydrogen-bond acceptors (Lipinski definition) is 4. The van der Waals surface area contributed by atoms with E-state index in [4.69, 9.17) is 10.8 Å². The molecule has 0 radical (unpaired) electrons. The van der Waals surface area contributed by atoms with Crippen LogP contribution in [0.1, 0.15) is 6.42 Å². The van der Waals surface area contributed by atoms with Crippen molar-refractivity contribution in [3.05, 3.63) is 16.7 Å². The highest BCUT2D eigenvalue weighted by Gasteiger charge is 2.31. The first-order valence-electron chi connectivity index (χ1n) is 4.95. The fourth-order valence-corrected chi connectivity index (χ4v) is 2.13. The van der Waals surface area contributed by atoms with E-state index in [1.165, 1.54) is 0 Å². The Labute approximate surface area is 101 Å². The molecule has 0 bridgehead atoms. The molecule has 2 rings (SSSR count). The van der Waals surface area contributed by atoms with Crippen molar-refractivity contribution in [2.75, 3.05) is 23.8 Å². The van der Waals surface area contributed by atoms with E-state index >= 15 is 0 Å². The Balaban J connectivity index is 2.28. The van der Waals surface area contributed by atoms with Gasteiger partial charge in [-0.3, -0.25) is 4.79 Å². The van der Waals surface area contributed by atoms with Crippen LogP contribution in [0.25, 0.3) is 0 Å². The summed E-state index contributed by atoms with van der Waals surface area (Å²) in [7, 11) is 0. The van der Waals surface area contributed by atoms with Gasteiger partial charge in [-0.2, -0.15) is 0 Å². The molecule has 0 aliphatic carbocycles. The Kier molecular flexibility index (Phi) is 3.11. The summed E-state index contributed by atoms with van der Waals surface area (Å²) >= 11 is 3.21.